The molecule has 1 aliphatic carbocycles. The highest BCUT2D eigenvalue weighted by Crippen LogP contribution is 2.60. The van der Waals surface area contributed by atoms with Crippen LogP contribution in [0, 0.1) is 5.41 Å². The third kappa shape index (κ3) is 3.14. The summed E-state index contributed by atoms with van der Waals surface area (Å²) in [6, 6.07) is 0. The Kier molecular flexibility index (Phi) is 4.86. The van der Waals surface area contributed by atoms with E-state index >= 15 is 0 Å². The summed E-state index contributed by atoms with van der Waals surface area (Å²) in [6.07, 6.45) is -0.150. The topological polar surface area (TPSA) is 26.7 Å². The molecule has 1 saturated carbocycles. The predicted octanol–water partition coefficient (Wildman–Crippen LogP) is 1.28. The number of halogens is 2. The Morgan fingerprint density at radius 3 is 1.94 bits per heavy atom. The van der Waals surface area contributed by atoms with E-state index in [0.29, 0.717) is 6.54 Å². The van der Waals surface area contributed by atoms with Gasteiger partial charge < -0.3 is 10.0 Å². The normalized spacial score (nSPS) is 32.8. The first-order valence-corrected chi connectivity index (χ1v) is 6.39. The van der Waals surface area contributed by atoms with Gasteiger partial charge in [0, 0.05) is 39.1 Å². The molecule has 1 saturated heterocycles. The fourth-order valence-corrected chi connectivity index (χ4v) is 2.21. The molecule has 0 radical (unpaired) electrons. The van der Waals surface area contributed by atoms with E-state index in [4.69, 9.17) is 5.11 Å². The van der Waals surface area contributed by atoms with Gasteiger partial charge in [0.05, 0.1) is 12.0 Å². The maximum Gasteiger partial charge on any atom is 0.258 e. The van der Waals surface area contributed by atoms with E-state index < -0.39 is 17.9 Å². The summed E-state index contributed by atoms with van der Waals surface area (Å²) < 4.78 is 26.2. The minimum Gasteiger partial charge on any atom is -0.396 e. The number of hydrogen-bond donors (Lipinski definition) is 1. The molecule has 1 unspecified atom stereocenters. The van der Waals surface area contributed by atoms with Crippen molar-refractivity contribution in [2.24, 2.45) is 5.41 Å². The first-order chi connectivity index (χ1) is 7.99. The van der Waals surface area contributed by atoms with E-state index in [1.165, 1.54) is 0 Å². The van der Waals surface area contributed by atoms with Gasteiger partial charge in [-0.05, 0) is 7.05 Å². The molecule has 1 N–H and O–H groups in total. The van der Waals surface area contributed by atoms with E-state index in [2.05, 4.69) is 4.90 Å². The fraction of sp³-hybridized carbons (Fsp3) is 1.00. The number of hydrogen-bond acceptors (Lipinski definition) is 3. The van der Waals surface area contributed by atoms with Crippen molar-refractivity contribution in [1.82, 2.24) is 9.80 Å². The fourth-order valence-electron chi connectivity index (χ4n) is 2.21. The standard InChI is InChI=1S/C10H18F2N2O.C2H6/c1-13-2-4-14(5-3-13)7-9(8-15)6-10(9,11)12;1-2/h15H,2-8H2,1H3;1-2H3. The number of likely N-dealkylation sites (N-methyl/N-ethyl adjacent to an activating group) is 1. The van der Waals surface area contributed by atoms with Gasteiger partial charge in [0.2, 0.25) is 0 Å². The third-order valence-corrected chi connectivity index (χ3v) is 3.64. The Bertz CT molecular complexity index is 243. The van der Waals surface area contributed by atoms with E-state index in [9.17, 15) is 8.78 Å². The number of alkyl halides is 2. The zero-order chi connectivity index (χ0) is 13.1. The second-order valence-electron chi connectivity index (χ2n) is 4.90. The summed E-state index contributed by atoms with van der Waals surface area (Å²) in [7, 11) is 2.03. The molecule has 0 aromatic heterocycles. The molecule has 0 spiro atoms. The molecule has 2 aliphatic rings. The van der Waals surface area contributed by atoms with Gasteiger partial charge >= 0.3 is 0 Å². The highest BCUT2D eigenvalue weighted by Gasteiger charge is 2.70. The molecule has 0 bridgehead atoms. The Labute approximate surface area is 102 Å². The van der Waals surface area contributed by atoms with Crippen LogP contribution in [-0.2, 0) is 0 Å². The molecular formula is C12H24F2N2O. The first kappa shape index (κ1) is 14.8. The summed E-state index contributed by atoms with van der Waals surface area (Å²) in [5, 5.41) is 9.06. The van der Waals surface area contributed by atoms with E-state index in [-0.39, 0.29) is 6.42 Å². The lowest BCUT2D eigenvalue weighted by Gasteiger charge is -2.34. The highest BCUT2D eigenvalue weighted by molar-refractivity contribution is 5.11. The molecule has 102 valence electrons. The zero-order valence-corrected chi connectivity index (χ0v) is 11.0. The average molecular weight is 250 g/mol. The molecule has 1 atom stereocenters. The van der Waals surface area contributed by atoms with Gasteiger partial charge in [0.15, 0.2) is 0 Å². The van der Waals surface area contributed by atoms with Crippen LogP contribution in [0.25, 0.3) is 0 Å². The van der Waals surface area contributed by atoms with Crippen LogP contribution in [0.1, 0.15) is 20.3 Å². The maximum absolute atomic E-state index is 13.1. The van der Waals surface area contributed by atoms with E-state index in [1.54, 1.807) is 0 Å². The Morgan fingerprint density at radius 2 is 1.59 bits per heavy atom. The monoisotopic (exact) mass is 250 g/mol. The van der Waals surface area contributed by atoms with Crippen molar-refractivity contribution < 1.29 is 13.9 Å². The van der Waals surface area contributed by atoms with Crippen LogP contribution in [0.5, 0.6) is 0 Å². The van der Waals surface area contributed by atoms with E-state index in [1.807, 2.05) is 25.8 Å². The molecule has 2 fully saturated rings. The SMILES string of the molecule is CC.CN1CCN(CC2(CO)CC2(F)F)CC1. The van der Waals surface area contributed by atoms with E-state index in [0.717, 1.165) is 26.2 Å². The number of nitrogens with zero attached hydrogens (tertiary/aromatic N) is 2. The number of piperazine rings is 1. The molecule has 0 aromatic rings. The van der Waals surface area contributed by atoms with Crippen LogP contribution in [0.2, 0.25) is 0 Å². The molecular weight excluding hydrogens is 226 g/mol. The molecule has 2 rings (SSSR count). The lowest BCUT2D eigenvalue weighted by atomic mass is 10.1. The Hall–Kier alpha value is -0.260. The quantitative estimate of drug-likeness (QED) is 0.817. The van der Waals surface area contributed by atoms with Gasteiger partial charge in [0.1, 0.15) is 0 Å². The predicted molar refractivity (Wildman–Crippen MR) is 64.4 cm³/mol. The number of aliphatic hydroxyl groups is 1. The molecule has 0 amide bonds. The van der Waals surface area contributed by atoms with Gasteiger partial charge in [-0.2, -0.15) is 0 Å². The summed E-state index contributed by atoms with van der Waals surface area (Å²) >= 11 is 0. The van der Waals surface area contributed by atoms with Gasteiger partial charge in [-0.25, -0.2) is 8.78 Å². The van der Waals surface area contributed by atoms with Crippen molar-refractivity contribution in [3.05, 3.63) is 0 Å². The average Bonchev–Trinajstić information content (AvgIpc) is 2.87. The van der Waals surface area contributed by atoms with Crippen molar-refractivity contribution in [2.75, 3.05) is 46.4 Å². The minimum absolute atomic E-state index is 0.150. The van der Waals surface area contributed by atoms with Crippen molar-refractivity contribution in [3.8, 4) is 0 Å². The molecule has 5 heteroatoms. The first-order valence-electron chi connectivity index (χ1n) is 6.39. The summed E-state index contributed by atoms with van der Waals surface area (Å²) in [4.78, 5) is 4.23. The van der Waals surface area contributed by atoms with Crippen molar-refractivity contribution in [1.29, 1.82) is 0 Å². The largest absolute Gasteiger partial charge is 0.396 e. The minimum atomic E-state index is -2.65. The van der Waals surface area contributed by atoms with Crippen LogP contribution >= 0.6 is 0 Å². The lowest BCUT2D eigenvalue weighted by molar-refractivity contribution is 0.0109. The molecule has 0 aromatic carbocycles. The Morgan fingerprint density at radius 1 is 1.12 bits per heavy atom. The van der Waals surface area contributed by atoms with Crippen molar-refractivity contribution in [3.63, 3.8) is 0 Å². The van der Waals surface area contributed by atoms with Gasteiger partial charge in [0.25, 0.3) is 5.92 Å². The third-order valence-electron chi connectivity index (χ3n) is 3.64. The summed E-state index contributed by atoms with van der Waals surface area (Å²) in [5.41, 5.74) is -1.14. The molecule has 1 heterocycles. The lowest BCUT2D eigenvalue weighted by Crippen LogP contribution is -2.47. The van der Waals surface area contributed by atoms with Crippen LogP contribution in [0.4, 0.5) is 8.78 Å². The van der Waals surface area contributed by atoms with Gasteiger partial charge in [-0.15, -0.1) is 0 Å². The van der Waals surface area contributed by atoms with Crippen LogP contribution < -0.4 is 0 Å². The smallest absolute Gasteiger partial charge is 0.258 e. The van der Waals surface area contributed by atoms with Crippen LogP contribution in [-0.4, -0.2) is 67.2 Å². The second-order valence-corrected chi connectivity index (χ2v) is 4.90. The second kappa shape index (κ2) is 5.59. The van der Waals surface area contributed by atoms with Crippen molar-refractivity contribution >= 4 is 0 Å². The number of aliphatic hydroxyl groups excluding tert-OH is 1. The highest BCUT2D eigenvalue weighted by atomic mass is 19.3. The van der Waals surface area contributed by atoms with Crippen molar-refractivity contribution in [2.45, 2.75) is 26.2 Å². The number of rotatable bonds is 3. The molecule has 17 heavy (non-hydrogen) atoms. The van der Waals surface area contributed by atoms with Crippen LogP contribution in [0.3, 0.4) is 0 Å². The van der Waals surface area contributed by atoms with Crippen LogP contribution in [0.15, 0.2) is 0 Å². The molecule has 3 nitrogen and oxygen atoms in total. The maximum atomic E-state index is 13.1. The van der Waals surface area contributed by atoms with Gasteiger partial charge in [-0.1, -0.05) is 13.8 Å². The zero-order valence-electron chi connectivity index (χ0n) is 11.0. The van der Waals surface area contributed by atoms with Gasteiger partial charge in [-0.3, -0.25) is 4.90 Å². The summed E-state index contributed by atoms with van der Waals surface area (Å²) in [6.45, 7) is 7.44. The molecule has 1 aliphatic heterocycles. The summed E-state index contributed by atoms with van der Waals surface area (Å²) in [5.74, 6) is -2.65. The Balaban J connectivity index is 0.000000686.